The molecule has 0 aromatic carbocycles. The molecule has 1 aromatic heterocycles. The van der Waals surface area contributed by atoms with Gasteiger partial charge in [-0.05, 0) is 39.5 Å². The Labute approximate surface area is 79.2 Å². The van der Waals surface area contributed by atoms with E-state index < -0.39 is 0 Å². The van der Waals surface area contributed by atoms with Crippen molar-refractivity contribution in [2.75, 3.05) is 0 Å². The Morgan fingerprint density at radius 1 is 1.46 bits per heavy atom. The summed E-state index contributed by atoms with van der Waals surface area (Å²) in [5, 5.41) is 8.16. The van der Waals surface area contributed by atoms with Crippen molar-refractivity contribution < 1.29 is 0 Å². The SMILES string of the molecule is CC(C)(C)n1cnnc1CC1CC1. The lowest BCUT2D eigenvalue weighted by Gasteiger charge is -2.22. The van der Waals surface area contributed by atoms with E-state index in [1.54, 1.807) is 0 Å². The zero-order chi connectivity index (χ0) is 9.47. The minimum atomic E-state index is 0.119. The second-order valence-electron chi connectivity index (χ2n) is 4.94. The molecule has 0 atom stereocenters. The largest absolute Gasteiger partial charge is 0.312 e. The Morgan fingerprint density at radius 3 is 2.69 bits per heavy atom. The first-order valence-electron chi connectivity index (χ1n) is 4.97. The molecule has 0 radical (unpaired) electrons. The summed E-state index contributed by atoms with van der Waals surface area (Å²) in [6, 6.07) is 0. The highest BCUT2D eigenvalue weighted by atomic mass is 15.3. The number of hydrogen-bond donors (Lipinski definition) is 0. The van der Waals surface area contributed by atoms with Crippen LogP contribution < -0.4 is 0 Å². The fourth-order valence-corrected chi connectivity index (χ4v) is 1.54. The van der Waals surface area contributed by atoms with E-state index in [4.69, 9.17) is 0 Å². The average Bonchev–Trinajstić information content (AvgIpc) is 2.63. The van der Waals surface area contributed by atoms with Crippen LogP contribution in [0, 0.1) is 5.92 Å². The number of hydrogen-bond acceptors (Lipinski definition) is 2. The van der Waals surface area contributed by atoms with Gasteiger partial charge in [0.1, 0.15) is 12.2 Å². The molecular weight excluding hydrogens is 162 g/mol. The molecule has 0 bridgehead atoms. The quantitative estimate of drug-likeness (QED) is 0.695. The molecule has 13 heavy (non-hydrogen) atoms. The highest BCUT2D eigenvalue weighted by Crippen LogP contribution is 2.32. The lowest BCUT2D eigenvalue weighted by Crippen LogP contribution is -2.23. The van der Waals surface area contributed by atoms with E-state index in [1.807, 2.05) is 6.33 Å². The molecule has 1 aliphatic rings. The maximum absolute atomic E-state index is 4.18. The molecule has 1 aromatic rings. The summed E-state index contributed by atoms with van der Waals surface area (Å²) >= 11 is 0. The fourth-order valence-electron chi connectivity index (χ4n) is 1.54. The Bertz CT molecular complexity index is 291. The Balaban J connectivity index is 2.19. The molecule has 1 fully saturated rings. The van der Waals surface area contributed by atoms with Gasteiger partial charge >= 0.3 is 0 Å². The highest BCUT2D eigenvalue weighted by Gasteiger charge is 2.26. The third kappa shape index (κ3) is 1.90. The Hall–Kier alpha value is -0.860. The fraction of sp³-hybridized carbons (Fsp3) is 0.800. The van der Waals surface area contributed by atoms with Gasteiger partial charge < -0.3 is 4.57 Å². The Morgan fingerprint density at radius 2 is 2.15 bits per heavy atom. The molecule has 0 spiro atoms. The van der Waals surface area contributed by atoms with Crippen molar-refractivity contribution in [3.8, 4) is 0 Å². The second-order valence-corrected chi connectivity index (χ2v) is 4.94. The van der Waals surface area contributed by atoms with Crippen LogP contribution >= 0.6 is 0 Å². The van der Waals surface area contributed by atoms with Gasteiger partial charge in [0.25, 0.3) is 0 Å². The topological polar surface area (TPSA) is 30.7 Å². The zero-order valence-electron chi connectivity index (χ0n) is 8.62. The molecule has 3 heteroatoms. The third-order valence-electron chi connectivity index (χ3n) is 2.51. The molecule has 2 rings (SSSR count). The summed E-state index contributed by atoms with van der Waals surface area (Å²) in [5.74, 6) is 2.03. The van der Waals surface area contributed by atoms with E-state index in [0.717, 1.165) is 18.2 Å². The van der Waals surface area contributed by atoms with Gasteiger partial charge in [0, 0.05) is 12.0 Å². The van der Waals surface area contributed by atoms with Crippen LogP contribution in [0.15, 0.2) is 6.33 Å². The van der Waals surface area contributed by atoms with Crippen LogP contribution in [0.2, 0.25) is 0 Å². The molecule has 1 aliphatic carbocycles. The van der Waals surface area contributed by atoms with Gasteiger partial charge in [0.05, 0.1) is 0 Å². The van der Waals surface area contributed by atoms with E-state index in [9.17, 15) is 0 Å². The van der Waals surface area contributed by atoms with E-state index >= 15 is 0 Å². The van der Waals surface area contributed by atoms with Crippen molar-refractivity contribution in [3.63, 3.8) is 0 Å². The number of rotatable bonds is 2. The molecule has 0 unspecified atom stereocenters. The monoisotopic (exact) mass is 179 g/mol. The van der Waals surface area contributed by atoms with Gasteiger partial charge in [-0.2, -0.15) is 0 Å². The lowest BCUT2D eigenvalue weighted by molar-refractivity contribution is 0.379. The lowest BCUT2D eigenvalue weighted by atomic mass is 10.1. The van der Waals surface area contributed by atoms with E-state index in [-0.39, 0.29) is 5.54 Å². The average molecular weight is 179 g/mol. The van der Waals surface area contributed by atoms with E-state index in [2.05, 4.69) is 35.5 Å². The summed E-state index contributed by atoms with van der Waals surface area (Å²) in [6.45, 7) is 6.56. The molecule has 0 aliphatic heterocycles. The summed E-state index contributed by atoms with van der Waals surface area (Å²) in [7, 11) is 0. The molecule has 1 saturated carbocycles. The highest BCUT2D eigenvalue weighted by molar-refractivity contribution is 4.96. The van der Waals surface area contributed by atoms with Gasteiger partial charge in [-0.3, -0.25) is 0 Å². The van der Waals surface area contributed by atoms with Gasteiger partial charge in [-0.1, -0.05) is 0 Å². The smallest absolute Gasteiger partial charge is 0.133 e. The van der Waals surface area contributed by atoms with Crippen molar-refractivity contribution in [1.82, 2.24) is 14.8 Å². The van der Waals surface area contributed by atoms with Crippen LogP contribution in [-0.4, -0.2) is 14.8 Å². The number of aromatic nitrogens is 3. The first-order valence-corrected chi connectivity index (χ1v) is 4.97. The van der Waals surface area contributed by atoms with Crippen molar-refractivity contribution in [2.24, 2.45) is 5.92 Å². The van der Waals surface area contributed by atoms with Crippen LogP contribution in [0.4, 0.5) is 0 Å². The van der Waals surface area contributed by atoms with Crippen molar-refractivity contribution in [3.05, 3.63) is 12.2 Å². The van der Waals surface area contributed by atoms with Gasteiger partial charge in [-0.15, -0.1) is 10.2 Å². The van der Waals surface area contributed by atoms with Gasteiger partial charge in [-0.25, -0.2) is 0 Å². The molecule has 0 N–H and O–H groups in total. The van der Waals surface area contributed by atoms with Crippen LogP contribution in [0.5, 0.6) is 0 Å². The van der Waals surface area contributed by atoms with E-state index in [1.165, 1.54) is 12.8 Å². The molecule has 3 nitrogen and oxygen atoms in total. The van der Waals surface area contributed by atoms with Crippen LogP contribution in [-0.2, 0) is 12.0 Å². The second kappa shape index (κ2) is 2.82. The predicted octanol–water partition coefficient (Wildman–Crippen LogP) is 1.99. The maximum Gasteiger partial charge on any atom is 0.133 e. The van der Waals surface area contributed by atoms with E-state index in [0.29, 0.717) is 0 Å². The first kappa shape index (κ1) is 8.73. The minimum Gasteiger partial charge on any atom is -0.312 e. The van der Waals surface area contributed by atoms with Crippen LogP contribution in [0.3, 0.4) is 0 Å². The minimum absolute atomic E-state index is 0.119. The molecule has 0 amide bonds. The van der Waals surface area contributed by atoms with Crippen molar-refractivity contribution >= 4 is 0 Å². The van der Waals surface area contributed by atoms with Crippen LogP contribution in [0.25, 0.3) is 0 Å². The first-order chi connectivity index (χ1) is 6.07. The molecular formula is C10H17N3. The standard InChI is InChI=1S/C10H17N3/c1-10(2,3)13-7-11-12-9(13)6-8-4-5-8/h7-8H,4-6H2,1-3H3. The summed E-state index contributed by atoms with van der Waals surface area (Å²) in [6.07, 6.45) is 5.70. The summed E-state index contributed by atoms with van der Waals surface area (Å²) in [4.78, 5) is 0. The maximum atomic E-state index is 4.18. The summed E-state index contributed by atoms with van der Waals surface area (Å²) in [5.41, 5.74) is 0.119. The van der Waals surface area contributed by atoms with Crippen molar-refractivity contribution in [2.45, 2.75) is 45.6 Å². The van der Waals surface area contributed by atoms with Crippen molar-refractivity contribution in [1.29, 1.82) is 0 Å². The molecule has 1 heterocycles. The number of nitrogens with zero attached hydrogens (tertiary/aromatic N) is 3. The normalized spacial score (nSPS) is 17.8. The zero-order valence-corrected chi connectivity index (χ0v) is 8.62. The van der Waals surface area contributed by atoms with Gasteiger partial charge in [0.15, 0.2) is 0 Å². The summed E-state index contributed by atoms with van der Waals surface area (Å²) < 4.78 is 2.19. The molecule has 0 saturated heterocycles. The predicted molar refractivity (Wildman–Crippen MR) is 51.4 cm³/mol. The van der Waals surface area contributed by atoms with Gasteiger partial charge in [0.2, 0.25) is 0 Å². The third-order valence-corrected chi connectivity index (χ3v) is 2.51. The Kier molecular flexibility index (Phi) is 1.90. The van der Waals surface area contributed by atoms with Crippen LogP contribution in [0.1, 0.15) is 39.4 Å². The molecule has 72 valence electrons.